The summed E-state index contributed by atoms with van der Waals surface area (Å²) < 4.78 is 15.6. The predicted octanol–water partition coefficient (Wildman–Crippen LogP) is 1.38. The van der Waals surface area contributed by atoms with Gasteiger partial charge in [0.05, 0.1) is 45.3 Å². The fourth-order valence-corrected chi connectivity index (χ4v) is 3.08. The summed E-state index contributed by atoms with van der Waals surface area (Å²) in [5.41, 5.74) is 1.82. The van der Waals surface area contributed by atoms with Crippen molar-refractivity contribution in [2.75, 3.05) is 34.0 Å². The van der Waals surface area contributed by atoms with Crippen LogP contribution in [0.25, 0.3) is 11.3 Å². The molecule has 0 radical (unpaired) electrons. The third kappa shape index (κ3) is 4.01. The molecular weight excluding hydrogens is 350 g/mol. The Morgan fingerprint density at radius 2 is 2.07 bits per heavy atom. The van der Waals surface area contributed by atoms with Crippen LogP contribution in [0.5, 0.6) is 11.9 Å². The highest BCUT2D eigenvalue weighted by atomic mass is 16.5. The maximum Gasteiger partial charge on any atom is 0.320 e. The fraction of sp³-hybridized carbons (Fsp3) is 0.421. The maximum absolute atomic E-state index is 13.0. The molecule has 8 heteroatoms. The van der Waals surface area contributed by atoms with E-state index in [1.54, 1.807) is 29.2 Å². The number of benzene rings is 1. The first kappa shape index (κ1) is 19.1. The minimum Gasteiger partial charge on any atom is -0.481 e. The monoisotopic (exact) mass is 373 g/mol. The molecule has 2 atom stereocenters. The number of carbonyl (C=O) groups is 1. The van der Waals surface area contributed by atoms with Crippen molar-refractivity contribution in [1.82, 2.24) is 14.9 Å². The molecular formula is C19H23N3O5. The molecule has 3 rings (SSSR count). The number of hydrogen-bond donors (Lipinski definition) is 1. The number of nitrogens with zero attached hydrogens (tertiary/aromatic N) is 3. The van der Waals surface area contributed by atoms with Gasteiger partial charge in [-0.1, -0.05) is 12.1 Å². The minimum absolute atomic E-state index is 0.165. The van der Waals surface area contributed by atoms with Gasteiger partial charge in [-0.3, -0.25) is 4.79 Å². The van der Waals surface area contributed by atoms with Crippen LogP contribution in [-0.2, 0) is 4.74 Å². The summed E-state index contributed by atoms with van der Waals surface area (Å²) in [4.78, 5) is 23.1. The molecule has 8 nitrogen and oxygen atoms in total. The van der Waals surface area contributed by atoms with E-state index in [0.717, 1.165) is 5.56 Å². The van der Waals surface area contributed by atoms with Crippen LogP contribution in [0.2, 0.25) is 0 Å². The molecule has 1 saturated heterocycles. The number of aromatic nitrogens is 2. The number of carbonyl (C=O) groups excluding carboxylic acids is 1. The zero-order valence-electron chi connectivity index (χ0n) is 15.6. The van der Waals surface area contributed by atoms with Gasteiger partial charge in [0.2, 0.25) is 5.88 Å². The van der Waals surface area contributed by atoms with Crippen LogP contribution in [0.1, 0.15) is 17.3 Å². The van der Waals surface area contributed by atoms with Crippen molar-refractivity contribution in [3.63, 3.8) is 0 Å². The number of amides is 1. The Morgan fingerprint density at radius 1 is 1.26 bits per heavy atom. The van der Waals surface area contributed by atoms with E-state index in [1.165, 1.54) is 14.2 Å². The first-order valence-electron chi connectivity index (χ1n) is 8.71. The van der Waals surface area contributed by atoms with Gasteiger partial charge in [-0.2, -0.15) is 9.97 Å². The summed E-state index contributed by atoms with van der Waals surface area (Å²) in [5.74, 6) is 0.205. The molecule has 1 aliphatic rings. The van der Waals surface area contributed by atoms with Gasteiger partial charge in [-0.15, -0.1) is 0 Å². The van der Waals surface area contributed by atoms with Crippen LogP contribution in [0.15, 0.2) is 30.3 Å². The second-order valence-corrected chi connectivity index (χ2v) is 6.13. The number of aliphatic hydroxyl groups excluding tert-OH is 1. The third-order valence-electron chi connectivity index (χ3n) is 4.50. The quantitative estimate of drug-likeness (QED) is 0.817. The van der Waals surface area contributed by atoms with Crippen LogP contribution in [0, 0.1) is 0 Å². The van der Waals surface area contributed by atoms with E-state index in [9.17, 15) is 9.90 Å². The number of likely N-dealkylation sites (N-methyl/N-ethyl adjacent to an activating group) is 1. The van der Waals surface area contributed by atoms with Gasteiger partial charge in [0.15, 0.2) is 0 Å². The molecule has 0 aliphatic carbocycles. The summed E-state index contributed by atoms with van der Waals surface area (Å²) in [6, 6.07) is 8.66. The molecule has 27 heavy (non-hydrogen) atoms. The second kappa shape index (κ2) is 8.32. The number of aliphatic hydroxyl groups is 1. The van der Waals surface area contributed by atoms with E-state index in [4.69, 9.17) is 14.2 Å². The first-order valence-corrected chi connectivity index (χ1v) is 8.71. The van der Waals surface area contributed by atoms with Crippen LogP contribution in [0.4, 0.5) is 0 Å². The lowest BCUT2D eigenvalue weighted by Gasteiger charge is -2.29. The van der Waals surface area contributed by atoms with E-state index in [0.29, 0.717) is 30.3 Å². The van der Waals surface area contributed by atoms with Crippen LogP contribution in [0.3, 0.4) is 0 Å². The highest BCUT2D eigenvalue weighted by Gasteiger charge is 2.34. The van der Waals surface area contributed by atoms with E-state index in [2.05, 4.69) is 9.97 Å². The molecule has 144 valence electrons. The van der Waals surface area contributed by atoms with Gasteiger partial charge in [-0.05, 0) is 19.1 Å². The van der Waals surface area contributed by atoms with Crippen molar-refractivity contribution in [2.24, 2.45) is 0 Å². The van der Waals surface area contributed by atoms with Gasteiger partial charge in [-0.25, -0.2) is 0 Å². The smallest absolute Gasteiger partial charge is 0.320 e. The van der Waals surface area contributed by atoms with Crippen molar-refractivity contribution in [3.05, 3.63) is 35.9 Å². The van der Waals surface area contributed by atoms with E-state index in [1.807, 2.05) is 13.0 Å². The summed E-state index contributed by atoms with van der Waals surface area (Å²) in [6.07, 6.45) is -0.674. The Balaban J connectivity index is 1.92. The molecule has 1 aromatic carbocycles. The standard InChI is InChI=1S/C19H23N3O5/c1-4-22(15-10-27-11-16(15)23)18(24)13-7-5-6-12(8-13)14-9-17(25-2)21-19(20-14)26-3/h5-9,15-16,23H,4,10-11H2,1-3H3. The van der Waals surface area contributed by atoms with E-state index < -0.39 is 6.10 Å². The minimum atomic E-state index is -0.674. The lowest BCUT2D eigenvalue weighted by molar-refractivity contribution is 0.0520. The highest BCUT2D eigenvalue weighted by molar-refractivity contribution is 5.95. The first-order chi connectivity index (χ1) is 13.1. The molecule has 2 heterocycles. The maximum atomic E-state index is 13.0. The van der Waals surface area contributed by atoms with Gasteiger partial charge < -0.3 is 24.2 Å². The summed E-state index contributed by atoms with van der Waals surface area (Å²) in [6.45, 7) is 2.94. The molecule has 1 aromatic heterocycles. The third-order valence-corrected chi connectivity index (χ3v) is 4.50. The van der Waals surface area contributed by atoms with Gasteiger partial charge >= 0.3 is 6.01 Å². The van der Waals surface area contributed by atoms with Crippen LogP contribution >= 0.6 is 0 Å². The molecule has 2 aromatic rings. The zero-order valence-corrected chi connectivity index (χ0v) is 15.6. The molecule has 0 bridgehead atoms. The topological polar surface area (TPSA) is 94.0 Å². The Hall–Kier alpha value is -2.71. The van der Waals surface area contributed by atoms with Gasteiger partial charge in [0.25, 0.3) is 5.91 Å². The summed E-state index contributed by atoms with van der Waals surface area (Å²) >= 11 is 0. The van der Waals surface area contributed by atoms with Crippen molar-refractivity contribution >= 4 is 5.91 Å². The van der Waals surface area contributed by atoms with Gasteiger partial charge in [0, 0.05) is 23.7 Å². The summed E-state index contributed by atoms with van der Waals surface area (Å²) in [7, 11) is 2.99. The largest absolute Gasteiger partial charge is 0.481 e. The number of hydrogen-bond acceptors (Lipinski definition) is 7. The Labute approximate surface area is 157 Å². The molecule has 1 N–H and O–H groups in total. The molecule has 1 amide bonds. The van der Waals surface area contributed by atoms with Crippen LogP contribution < -0.4 is 9.47 Å². The Bertz CT molecular complexity index is 791. The van der Waals surface area contributed by atoms with Gasteiger partial charge in [0.1, 0.15) is 0 Å². The fourth-order valence-electron chi connectivity index (χ4n) is 3.08. The second-order valence-electron chi connectivity index (χ2n) is 6.13. The van der Waals surface area contributed by atoms with Crippen molar-refractivity contribution < 1.29 is 24.1 Å². The molecule has 0 spiro atoms. The Kier molecular flexibility index (Phi) is 5.88. The number of ether oxygens (including phenoxy) is 3. The molecule has 2 unspecified atom stereocenters. The molecule has 1 fully saturated rings. The number of methoxy groups -OCH3 is 2. The molecule has 1 aliphatic heterocycles. The molecule has 0 saturated carbocycles. The predicted molar refractivity (Wildman–Crippen MR) is 97.9 cm³/mol. The van der Waals surface area contributed by atoms with Crippen molar-refractivity contribution in [3.8, 4) is 23.1 Å². The average Bonchev–Trinajstić information content (AvgIpc) is 3.13. The van der Waals surface area contributed by atoms with E-state index >= 15 is 0 Å². The average molecular weight is 373 g/mol. The van der Waals surface area contributed by atoms with Crippen molar-refractivity contribution in [1.29, 1.82) is 0 Å². The zero-order chi connectivity index (χ0) is 19.4. The lowest BCUT2D eigenvalue weighted by Crippen LogP contribution is -2.46. The number of rotatable bonds is 6. The van der Waals surface area contributed by atoms with Crippen molar-refractivity contribution in [2.45, 2.75) is 19.1 Å². The lowest BCUT2D eigenvalue weighted by atomic mass is 10.1. The Morgan fingerprint density at radius 3 is 2.70 bits per heavy atom. The SMILES string of the molecule is CCN(C(=O)c1cccc(-c2cc(OC)nc(OC)n2)c1)C1COCC1O. The summed E-state index contributed by atoms with van der Waals surface area (Å²) in [5, 5.41) is 10.1. The highest BCUT2D eigenvalue weighted by Crippen LogP contribution is 2.25. The van der Waals surface area contributed by atoms with Crippen LogP contribution in [-0.4, -0.2) is 72.0 Å². The normalized spacial score (nSPS) is 19.0. The van der Waals surface area contributed by atoms with E-state index in [-0.39, 0.29) is 24.6 Å².